The smallest absolute Gasteiger partial charge is 0.234 e. The molecule has 1 N–H and O–H groups in total. The van der Waals surface area contributed by atoms with Crippen molar-refractivity contribution in [3.8, 4) is 0 Å². The van der Waals surface area contributed by atoms with E-state index >= 15 is 0 Å². The molecule has 3 nitrogen and oxygen atoms in total. The molecule has 25 heavy (non-hydrogen) atoms. The highest BCUT2D eigenvalue weighted by Crippen LogP contribution is 2.13. The van der Waals surface area contributed by atoms with E-state index in [0.29, 0.717) is 6.42 Å². The largest absolute Gasteiger partial charge is 0.289 e. The topological polar surface area (TPSA) is 32.3 Å². The summed E-state index contributed by atoms with van der Waals surface area (Å²) in [6, 6.07) is 0. The van der Waals surface area contributed by atoms with Crippen molar-refractivity contribution in [2.24, 2.45) is 0 Å². The minimum absolute atomic E-state index is 0.179. The van der Waals surface area contributed by atoms with Crippen LogP contribution in [-0.4, -0.2) is 24.0 Å². The Hall–Kier alpha value is -0.570. The first-order chi connectivity index (χ1) is 12.2. The van der Waals surface area contributed by atoms with Gasteiger partial charge in [0, 0.05) is 19.5 Å². The zero-order valence-electron chi connectivity index (χ0n) is 17.6. The molecule has 0 heterocycles. The highest BCUT2D eigenvalue weighted by molar-refractivity contribution is 5.75. The van der Waals surface area contributed by atoms with Crippen molar-refractivity contribution >= 4 is 5.91 Å². The van der Waals surface area contributed by atoms with Gasteiger partial charge in [-0.2, -0.15) is 0 Å². The lowest BCUT2D eigenvalue weighted by Gasteiger charge is -2.19. The molecule has 0 radical (unpaired) electrons. The van der Waals surface area contributed by atoms with Gasteiger partial charge in [0.05, 0.1) is 0 Å². The number of nitrogens with one attached hydrogen (secondary N) is 1. The van der Waals surface area contributed by atoms with Gasteiger partial charge >= 0.3 is 0 Å². The molecule has 0 bridgehead atoms. The maximum absolute atomic E-state index is 11.8. The minimum atomic E-state index is 0.179. The quantitative estimate of drug-likeness (QED) is 0.209. The molecule has 0 atom stereocenters. The van der Waals surface area contributed by atoms with Gasteiger partial charge in [0.25, 0.3) is 0 Å². The molecule has 0 rings (SSSR count). The van der Waals surface area contributed by atoms with Gasteiger partial charge in [-0.05, 0) is 6.42 Å². The molecule has 0 aromatic carbocycles. The minimum Gasteiger partial charge on any atom is -0.289 e. The normalized spacial score (nSPS) is 11.2. The summed E-state index contributed by atoms with van der Waals surface area (Å²) < 4.78 is 0. The van der Waals surface area contributed by atoms with Crippen molar-refractivity contribution in [1.29, 1.82) is 0 Å². The van der Waals surface area contributed by atoms with Gasteiger partial charge in [0.15, 0.2) is 0 Å². The van der Waals surface area contributed by atoms with Crippen LogP contribution < -0.4 is 5.43 Å². The Morgan fingerprint density at radius 3 is 1.32 bits per heavy atom. The molecule has 0 saturated carbocycles. The molecule has 0 fully saturated rings. The lowest BCUT2D eigenvalue weighted by molar-refractivity contribution is -0.125. The number of nitrogens with zero attached hydrogens (tertiary/aromatic N) is 1. The van der Waals surface area contributed by atoms with Gasteiger partial charge in [0.1, 0.15) is 0 Å². The first-order valence-electron chi connectivity index (χ1n) is 11.3. The van der Waals surface area contributed by atoms with E-state index in [1.807, 2.05) is 5.01 Å². The van der Waals surface area contributed by atoms with Crippen LogP contribution in [0.2, 0.25) is 0 Å². The lowest BCUT2D eigenvalue weighted by Crippen LogP contribution is -2.41. The van der Waals surface area contributed by atoms with Crippen molar-refractivity contribution in [2.45, 2.75) is 124 Å². The summed E-state index contributed by atoms with van der Waals surface area (Å²) in [4.78, 5) is 11.8. The second kappa shape index (κ2) is 19.8. The van der Waals surface area contributed by atoms with Crippen molar-refractivity contribution in [3.05, 3.63) is 0 Å². The monoisotopic (exact) mass is 354 g/mol. The maximum atomic E-state index is 11.8. The fraction of sp³-hybridized carbons (Fsp3) is 0.955. The summed E-state index contributed by atoms with van der Waals surface area (Å²) in [5.74, 6) is 0.179. The van der Waals surface area contributed by atoms with Crippen LogP contribution >= 0.6 is 0 Å². The van der Waals surface area contributed by atoms with Crippen molar-refractivity contribution in [1.82, 2.24) is 10.4 Å². The van der Waals surface area contributed by atoms with Gasteiger partial charge in [-0.25, -0.2) is 5.01 Å². The van der Waals surface area contributed by atoms with Crippen LogP contribution in [0.5, 0.6) is 0 Å². The predicted octanol–water partition coefficient (Wildman–Crippen LogP) is 6.62. The van der Waals surface area contributed by atoms with Crippen molar-refractivity contribution in [3.63, 3.8) is 0 Å². The maximum Gasteiger partial charge on any atom is 0.234 e. The molecular weight excluding hydrogens is 308 g/mol. The Bertz CT molecular complexity index is 277. The molecule has 0 aliphatic carbocycles. The summed E-state index contributed by atoms with van der Waals surface area (Å²) in [6.45, 7) is 8.17. The van der Waals surface area contributed by atoms with Crippen LogP contribution in [0.3, 0.4) is 0 Å². The standard InChI is InChI=1S/C22H46N2O/c1-4-7-8-9-10-11-12-13-14-15-16-17-18-19-20-21-22(25)23-24(5-2)6-3/h4-21H2,1-3H3,(H,23,25). The van der Waals surface area contributed by atoms with Crippen LogP contribution in [0.4, 0.5) is 0 Å². The highest BCUT2D eigenvalue weighted by atomic mass is 16.2. The van der Waals surface area contributed by atoms with Crippen LogP contribution in [0.15, 0.2) is 0 Å². The van der Waals surface area contributed by atoms with E-state index < -0.39 is 0 Å². The van der Waals surface area contributed by atoms with Crippen molar-refractivity contribution in [2.75, 3.05) is 13.1 Å². The summed E-state index contributed by atoms with van der Waals surface area (Å²) in [6.07, 6.45) is 21.1. The molecule has 0 saturated heterocycles. The average molecular weight is 355 g/mol. The van der Waals surface area contributed by atoms with E-state index in [2.05, 4.69) is 26.2 Å². The van der Waals surface area contributed by atoms with E-state index in [0.717, 1.165) is 19.5 Å². The Labute approximate surface area is 158 Å². The summed E-state index contributed by atoms with van der Waals surface area (Å²) in [5.41, 5.74) is 2.96. The third kappa shape index (κ3) is 18.0. The summed E-state index contributed by atoms with van der Waals surface area (Å²) >= 11 is 0. The molecule has 0 aromatic rings. The molecule has 0 aliphatic rings. The van der Waals surface area contributed by atoms with E-state index in [-0.39, 0.29) is 5.91 Å². The Kier molecular flexibility index (Phi) is 19.3. The number of hydrogen-bond acceptors (Lipinski definition) is 2. The SMILES string of the molecule is CCCCCCCCCCCCCCCCCC(=O)NN(CC)CC. The second-order valence-corrected chi connectivity index (χ2v) is 7.41. The molecule has 0 aromatic heterocycles. The molecule has 0 aliphatic heterocycles. The van der Waals surface area contributed by atoms with E-state index in [1.165, 1.54) is 89.9 Å². The lowest BCUT2D eigenvalue weighted by atomic mass is 10.0. The number of carbonyl (C=O) groups is 1. The summed E-state index contributed by atoms with van der Waals surface area (Å²) in [5, 5.41) is 1.97. The fourth-order valence-electron chi connectivity index (χ4n) is 3.27. The fourth-order valence-corrected chi connectivity index (χ4v) is 3.27. The highest BCUT2D eigenvalue weighted by Gasteiger charge is 2.04. The predicted molar refractivity (Wildman–Crippen MR) is 111 cm³/mol. The van der Waals surface area contributed by atoms with Crippen LogP contribution in [0.1, 0.15) is 124 Å². The molecule has 150 valence electrons. The Balaban J connectivity index is 3.17. The number of hydrogen-bond donors (Lipinski definition) is 1. The number of hydrazine groups is 1. The third-order valence-corrected chi connectivity index (χ3v) is 5.05. The van der Waals surface area contributed by atoms with E-state index in [1.54, 1.807) is 0 Å². The molecule has 3 heteroatoms. The zero-order chi connectivity index (χ0) is 18.6. The number of unbranched alkanes of at least 4 members (excludes halogenated alkanes) is 14. The molecule has 1 amide bonds. The summed E-state index contributed by atoms with van der Waals surface area (Å²) in [7, 11) is 0. The number of carbonyl (C=O) groups excluding carboxylic acids is 1. The number of rotatable bonds is 19. The van der Waals surface area contributed by atoms with Crippen molar-refractivity contribution < 1.29 is 4.79 Å². The Morgan fingerprint density at radius 2 is 0.960 bits per heavy atom. The van der Waals surface area contributed by atoms with Gasteiger partial charge < -0.3 is 0 Å². The first-order valence-corrected chi connectivity index (χ1v) is 11.3. The van der Waals surface area contributed by atoms with Gasteiger partial charge in [0.2, 0.25) is 5.91 Å². The Morgan fingerprint density at radius 1 is 0.600 bits per heavy atom. The molecular formula is C22H46N2O. The zero-order valence-corrected chi connectivity index (χ0v) is 17.6. The average Bonchev–Trinajstić information content (AvgIpc) is 2.62. The number of amides is 1. The van der Waals surface area contributed by atoms with Gasteiger partial charge in [-0.15, -0.1) is 0 Å². The van der Waals surface area contributed by atoms with Gasteiger partial charge in [-0.1, -0.05) is 111 Å². The van der Waals surface area contributed by atoms with Crippen LogP contribution in [0.25, 0.3) is 0 Å². The van der Waals surface area contributed by atoms with Crippen LogP contribution in [-0.2, 0) is 4.79 Å². The first kappa shape index (κ1) is 24.4. The third-order valence-electron chi connectivity index (χ3n) is 5.05. The van der Waals surface area contributed by atoms with E-state index in [9.17, 15) is 4.79 Å². The molecule has 0 unspecified atom stereocenters. The van der Waals surface area contributed by atoms with Gasteiger partial charge in [-0.3, -0.25) is 10.2 Å². The van der Waals surface area contributed by atoms with E-state index in [4.69, 9.17) is 0 Å². The van der Waals surface area contributed by atoms with Crippen LogP contribution in [0, 0.1) is 0 Å². The molecule has 0 spiro atoms. The second-order valence-electron chi connectivity index (χ2n) is 7.41.